The highest BCUT2D eigenvalue weighted by atomic mass is 16.5. The molecule has 0 spiro atoms. The molecule has 0 atom stereocenters. The number of carbonyl (C=O) groups excluding carboxylic acids is 3. The lowest BCUT2D eigenvalue weighted by Gasteiger charge is -2.00. The summed E-state index contributed by atoms with van der Waals surface area (Å²) in [5.74, 6) is -2.14. The Balaban J connectivity index is 0.000000982. The van der Waals surface area contributed by atoms with Gasteiger partial charge < -0.3 is 4.74 Å². The Morgan fingerprint density at radius 2 is 1.53 bits per heavy atom. The molecular weight excluding hydrogens is 244 g/mol. The molecule has 0 radical (unpaired) electrons. The zero-order valence-electron chi connectivity index (χ0n) is 11.6. The Bertz CT molecular complexity index is 409. The summed E-state index contributed by atoms with van der Waals surface area (Å²) in [5, 5.41) is 0. The molecule has 0 bridgehead atoms. The molecule has 104 valence electrons. The van der Waals surface area contributed by atoms with Crippen molar-refractivity contribution in [2.75, 3.05) is 6.61 Å². The van der Waals surface area contributed by atoms with Crippen molar-refractivity contribution in [2.24, 2.45) is 0 Å². The number of rotatable bonds is 5. The van der Waals surface area contributed by atoms with Crippen molar-refractivity contribution in [2.45, 2.75) is 33.6 Å². The Morgan fingerprint density at radius 3 is 2.00 bits per heavy atom. The van der Waals surface area contributed by atoms with Crippen LogP contribution in [0.1, 0.15) is 44.0 Å². The number of Topliss-reactive ketones (excluding diaryl/α,β-unsaturated/α-hetero) is 2. The molecule has 1 aromatic rings. The minimum atomic E-state index is -0.952. The molecule has 0 aliphatic heterocycles. The average molecular weight is 264 g/mol. The summed E-state index contributed by atoms with van der Waals surface area (Å²) in [6.45, 7) is 5.98. The molecule has 0 aromatic heterocycles. The zero-order valence-corrected chi connectivity index (χ0v) is 11.6. The fourth-order valence-electron chi connectivity index (χ4n) is 1.16. The van der Waals surface area contributed by atoms with Crippen LogP contribution >= 0.6 is 0 Å². The monoisotopic (exact) mass is 264 g/mol. The first-order valence-corrected chi connectivity index (χ1v) is 6.34. The predicted molar refractivity (Wildman–Crippen MR) is 73.0 cm³/mol. The smallest absolute Gasteiger partial charge is 0.375 e. The lowest BCUT2D eigenvalue weighted by atomic mass is 10.1. The van der Waals surface area contributed by atoms with E-state index in [1.54, 1.807) is 37.3 Å². The quantitative estimate of drug-likeness (QED) is 0.355. The van der Waals surface area contributed by atoms with Gasteiger partial charge in [0.15, 0.2) is 5.78 Å². The SMILES string of the molecule is CCC.CCOC(=O)C(=O)CC(=O)c1ccccc1. The van der Waals surface area contributed by atoms with Gasteiger partial charge in [-0.15, -0.1) is 0 Å². The van der Waals surface area contributed by atoms with Crippen LogP contribution in [-0.2, 0) is 14.3 Å². The van der Waals surface area contributed by atoms with Crippen LogP contribution in [0.25, 0.3) is 0 Å². The topological polar surface area (TPSA) is 60.4 Å². The highest BCUT2D eigenvalue weighted by Crippen LogP contribution is 2.03. The molecule has 0 N–H and O–H groups in total. The number of ketones is 2. The van der Waals surface area contributed by atoms with Gasteiger partial charge in [0.25, 0.3) is 0 Å². The summed E-state index contributed by atoms with van der Waals surface area (Å²) in [7, 11) is 0. The van der Waals surface area contributed by atoms with Crippen molar-refractivity contribution < 1.29 is 19.1 Å². The third-order valence-electron chi connectivity index (χ3n) is 1.92. The number of hydrogen-bond donors (Lipinski definition) is 0. The van der Waals surface area contributed by atoms with E-state index in [1.165, 1.54) is 6.42 Å². The first-order chi connectivity index (χ1) is 9.06. The summed E-state index contributed by atoms with van der Waals surface area (Å²) in [4.78, 5) is 33.7. The van der Waals surface area contributed by atoms with Crippen molar-refractivity contribution in [3.8, 4) is 0 Å². The molecule has 0 saturated carbocycles. The second-order valence-electron chi connectivity index (χ2n) is 3.82. The van der Waals surface area contributed by atoms with Gasteiger partial charge in [0.1, 0.15) is 0 Å². The van der Waals surface area contributed by atoms with Crippen LogP contribution in [0.2, 0.25) is 0 Å². The van der Waals surface area contributed by atoms with Crippen molar-refractivity contribution in [1.29, 1.82) is 0 Å². The van der Waals surface area contributed by atoms with Gasteiger partial charge in [0.2, 0.25) is 5.78 Å². The fourth-order valence-corrected chi connectivity index (χ4v) is 1.16. The molecule has 0 fully saturated rings. The minimum Gasteiger partial charge on any atom is -0.460 e. The Kier molecular flexibility index (Phi) is 8.96. The number of hydrogen-bond acceptors (Lipinski definition) is 4. The molecule has 19 heavy (non-hydrogen) atoms. The number of esters is 1. The van der Waals surface area contributed by atoms with Crippen LogP contribution in [0.5, 0.6) is 0 Å². The van der Waals surface area contributed by atoms with Gasteiger partial charge in [-0.25, -0.2) is 4.79 Å². The molecule has 0 amide bonds. The predicted octanol–water partition coefficient (Wildman–Crippen LogP) is 2.81. The van der Waals surface area contributed by atoms with Crippen LogP contribution in [0.15, 0.2) is 30.3 Å². The van der Waals surface area contributed by atoms with E-state index in [9.17, 15) is 14.4 Å². The summed E-state index contributed by atoms with van der Waals surface area (Å²) in [5.41, 5.74) is 0.417. The first kappa shape index (κ1) is 17.0. The number of carbonyl (C=O) groups is 3. The van der Waals surface area contributed by atoms with Crippen LogP contribution in [0.4, 0.5) is 0 Å². The maximum atomic E-state index is 11.5. The fraction of sp³-hybridized carbons (Fsp3) is 0.400. The van der Waals surface area contributed by atoms with E-state index in [2.05, 4.69) is 18.6 Å². The number of benzene rings is 1. The molecule has 4 nitrogen and oxygen atoms in total. The van der Waals surface area contributed by atoms with E-state index in [-0.39, 0.29) is 12.4 Å². The van der Waals surface area contributed by atoms with Gasteiger partial charge in [0.05, 0.1) is 13.0 Å². The third kappa shape index (κ3) is 7.13. The van der Waals surface area contributed by atoms with E-state index in [0.717, 1.165) is 0 Å². The highest BCUT2D eigenvalue weighted by Gasteiger charge is 2.19. The van der Waals surface area contributed by atoms with Gasteiger partial charge in [-0.2, -0.15) is 0 Å². The van der Waals surface area contributed by atoms with Gasteiger partial charge in [0, 0.05) is 5.56 Å². The van der Waals surface area contributed by atoms with Crippen LogP contribution < -0.4 is 0 Å². The van der Waals surface area contributed by atoms with E-state index < -0.39 is 18.2 Å². The second kappa shape index (κ2) is 10.00. The molecule has 0 saturated heterocycles. The van der Waals surface area contributed by atoms with Crippen molar-refractivity contribution in [1.82, 2.24) is 0 Å². The summed E-state index contributed by atoms with van der Waals surface area (Å²) in [6.07, 6.45) is 0.808. The first-order valence-electron chi connectivity index (χ1n) is 6.34. The van der Waals surface area contributed by atoms with Crippen LogP contribution in [0, 0.1) is 0 Å². The second-order valence-corrected chi connectivity index (χ2v) is 3.82. The van der Waals surface area contributed by atoms with Gasteiger partial charge in [-0.3, -0.25) is 9.59 Å². The summed E-state index contributed by atoms with van der Waals surface area (Å²) >= 11 is 0. The highest BCUT2D eigenvalue weighted by molar-refractivity contribution is 6.38. The van der Waals surface area contributed by atoms with E-state index in [4.69, 9.17) is 0 Å². The molecule has 4 heteroatoms. The third-order valence-corrected chi connectivity index (χ3v) is 1.92. The molecule has 0 aliphatic rings. The van der Waals surface area contributed by atoms with Crippen LogP contribution in [0.3, 0.4) is 0 Å². The van der Waals surface area contributed by atoms with Gasteiger partial charge in [-0.1, -0.05) is 50.6 Å². The van der Waals surface area contributed by atoms with Gasteiger partial charge >= 0.3 is 5.97 Å². The number of ether oxygens (including phenoxy) is 1. The molecule has 1 rings (SSSR count). The van der Waals surface area contributed by atoms with Crippen LogP contribution in [-0.4, -0.2) is 24.1 Å². The summed E-state index contributed by atoms with van der Waals surface area (Å²) in [6, 6.07) is 8.36. The normalized spacial score (nSPS) is 9.00. The minimum absolute atomic E-state index is 0.129. The standard InChI is InChI=1S/C12H12O4.C3H8/c1-2-16-12(15)11(14)8-10(13)9-6-4-3-5-7-9;1-3-2/h3-7H,2,8H2,1H3;3H2,1-2H3. The van der Waals surface area contributed by atoms with Crippen molar-refractivity contribution in [3.63, 3.8) is 0 Å². The molecule has 0 aliphatic carbocycles. The Labute approximate surface area is 113 Å². The van der Waals surface area contributed by atoms with E-state index in [0.29, 0.717) is 5.56 Å². The van der Waals surface area contributed by atoms with Crippen molar-refractivity contribution in [3.05, 3.63) is 35.9 Å². The van der Waals surface area contributed by atoms with E-state index in [1.807, 2.05) is 0 Å². The zero-order chi connectivity index (χ0) is 14.7. The Morgan fingerprint density at radius 1 is 1.00 bits per heavy atom. The van der Waals surface area contributed by atoms with E-state index >= 15 is 0 Å². The lowest BCUT2D eigenvalue weighted by molar-refractivity contribution is -0.153. The maximum absolute atomic E-state index is 11.5. The molecule has 0 heterocycles. The molecule has 1 aromatic carbocycles. The van der Waals surface area contributed by atoms with Crippen molar-refractivity contribution >= 4 is 17.5 Å². The summed E-state index contributed by atoms with van der Waals surface area (Å²) < 4.78 is 4.50. The molecular formula is C15H20O4. The Hall–Kier alpha value is -1.97. The lowest BCUT2D eigenvalue weighted by Crippen LogP contribution is -2.20. The maximum Gasteiger partial charge on any atom is 0.375 e. The average Bonchev–Trinajstić information content (AvgIpc) is 2.40. The molecule has 0 unspecified atom stereocenters. The van der Waals surface area contributed by atoms with Gasteiger partial charge in [-0.05, 0) is 6.92 Å². The largest absolute Gasteiger partial charge is 0.460 e.